The largest absolute Gasteiger partial charge is 0.465 e. The molecule has 10 nitrogen and oxygen atoms in total. The molecule has 224 valence electrons. The molecule has 0 radical (unpaired) electrons. The summed E-state index contributed by atoms with van der Waals surface area (Å²) in [6, 6.07) is 17.9. The molecule has 43 heavy (non-hydrogen) atoms. The van der Waals surface area contributed by atoms with Gasteiger partial charge in [0.05, 0.1) is 5.52 Å². The molecule has 0 unspecified atom stereocenters. The van der Waals surface area contributed by atoms with Crippen LogP contribution in [0.15, 0.2) is 73.3 Å². The summed E-state index contributed by atoms with van der Waals surface area (Å²) in [5, 5.41) is 17.2. The Balaban J connectivity index is 1.35. The number of rotatable bonds is 8. The number of nitrogens with one attached hydrogen (secondary N) is 2. The first-order valence-electron chi connectivity index (χ1n) is 14.4. The Morgan fingerprint density at radius 1 is 0.930 bits per heavy atom. The van der Waals surface area contributed by atoms with E-state index in [2.05, 4.69) is 43.4 Å². The van der Waals surface area contributed by atoms with Gasteiger partial charge in [-0.1, -0.05) is 12.1 Å². The zero-order valence-corrected chi connectivity index (χ0v) is 25.5. The first-order chi connectivity index (χ1) is 20.3. The van der Waals surface area contributed by atoms with Crippen LogP contribution in [0.1, 0.15) is 57.5 Å². The maximum absolute atomic E-state index is 12.7. The molecule has 0 saturated heterocycles. The molecule has 3 N–H and O–H groups in total. The van der Waals surface area contributed by atoms with Crippen molar-refractivity contribution in [1.82, 2.24) is 29.3 Å². The second-order valence-corrected chi connectivity index (χ2v) is 12.8. The second kappa shape index (κ2) is 11.4. The van der Waals surface area contributed by atoms with Gasteiger partial charge in [-0.05, 0) is 89.6 Å². The van der Waals surface area contributed by atoms with E-state index in [-0.39, 0.29) is 11.4 Å². The predicted molar refractivity (Wildman–Crippen MR) is 170 cm³/mol. The Morgan fingerprint density at radius 3 is 2.42 bits per heavy atom. The number of carboxylic acid groups (broad SMARTS) is 1. The molecule has 5 rings (SSSR count). The number of fused-ring (bicyclic) bond motifs is 2. The summed E-state index contributed by atoms with van der Waals surface area (Å²) >= 11 is 0. The first kappa shape index (κ1) is 29.6. The fraction of sp³-hybridized carbons (Fsp3) is 0.333. The highest BCUT2D eigenvalue weighted by atomic mass is 16.4. The van der Waals surface area contributed by atoms with E-state index in [1.165, 1.54) is 11.2 Å². The first-order valence-corrected chi connectivity index (χ1v) is 14.4. The molecule has 3 aromatic heterocycles. The van der Waals surface area contributed by atoms with Crippen LogP contribution in [-0.4, -0.2) is 58.7 Å². The normalized spacial score (nSPS) is 12.0. The molecule has 2 aromatic carbocycles. The number of carbonyl (C=O) groups excluding carboxylic acids is 1. The van der Waals surface area contributed by atoms with Crippen molar-refractivity contribution in [3.05, 3.63) is 84.4 Å². The molecule has 3 heterocycles. The van der Waals surface area contributed by atoms with E-state index in [9.17, 15) is 14.7 Å². The minimum absolute atomic E-state index is 0.0826. The summed E-state index contributed by atoms with van der Waals surface area (Å²) in [7, 11) is 0. The van der Waals surface area contributed by atoms with Crippen LogP contribution in [0.4, 0.5) is 16.3 Å². The topological polar surface area (TPSA) is 117 Å². The summed E-state index contributed by atoms with van der Waals surface area (Å²) in [5.74, 6) is 0.567. The standard InChI is InChI=1S/C33H39N7O3/c1-32(2,3)37-30(41)24-9-7-8-22(18-24)20-39-14-12-23-19-25(10-11-27(23)39)36-29-28-26(34-21-35-29)13-15-38(28)16-17-40(31(42)43)33(4,5)6/h7-15,18-19,21H,16-17,20H2,1-6H3,(H,37,41)(H,42,43)(H,34,35,36). The molecule has 0 saturated carbocycles. The Labute approximate surface area is 251 Å². The molecule has 2 amide bonds. The van der Waals surface area contributed by atoms with Crippen molar-refractivity contribution in [3.63, 3.8) is 0 Å². The highest BCUT2D eigenvalue weighted by molar-refractivity contribution is 5.95. The van der Waals surface area contributed by atoms with Crippen LogP contribution in [0, 0.1) is 0 Å². The van der Waals surface area contributed by atoms with Gasteiger partial charge < -0.3 is 29.8 Å². The van der Waals surface area contributed by atoms with Gasteiger partial charge in [-0.25, -0.2) is 14.8 Å². The number of nitrogens with zero attached hydrogens (tertiary/aromatic N) is 5. The van der Waals surface area contributed by atoms with E-state index in [1.54, 1.807) is 0 Å². The molecule has 0 bridgehead atoms. The maximum Gasteiger partial charge on any atom is 0.407 e. The van der Waals surface area contributed by atoms with Crippen LogP contribution in [0.5, 0.6) is 0 Å². The molecule has 10 heteroatoms. The lowest BCUT2D eigenvalue weighted by molar-refractivity contribution is 0.0917. The number of carbonyl (C=O) groups is 2. The van der Waals surface area contributed by atoms with Crippen LogP contribution in [0.2, 0.25) is 0 Å². The SMILES string of the molecule is CC(C)(C)NC(=O)c1cccc(Cn2ccc3cc(Nc4ncnc5ccn(CCN(C(=O)O)C(C)(C)C)c45)ccc32)c1. The van der Waals surface area contributed by atoms with Gasteiger partial charge in [0.1, 0.15) is 11.8 Å². The quantitative estimate of drug-likeness (QED) is 0.193. The fourth-order valence-corrected chi connectivity index (χ4v) is 5.21. The van der Waals surface area contributed by atoms with Crippen molar-refractivity contribution >= 4 is 45.4 Å². The van der Waals surface area contributed by atoms with E-state index in [0.717, 1.165) is 33.2 Å². The van der Waals surface area contributed by atoms with E-state index in [1.807, 2.05) is 94.9 Å². The van der Waals surface area contributed by atoms with Gasteiger partial charge in [0, 0.05) is 65.3 Å². The Hall–Kier alpha value is -4.86. The summed E-state index contributed by atoms with van der Waals surface area (Å²) in [5.41, 5.74) is 4.41. The third-order valence-corrected chi connectivity index (χ3v) is 7.22. The zero-order chi connectivity index (χ0) is 30.9. The molecule has 0 spiro atoms. The highest BCUT2D eigenvalue weighted by Crippen LogP contribution is 2.28. The monoisotopic (exact) mass is 581 g/mol. The van der Waals surface area contributed by atoms with E-state index in [4.69, 9.17) is 0 Å². The van der Waals surface area contributed by atoms with Gasteiger partial charge in [0.2, 0.25) is 0 Å². The number of hydrogen-bond acceptors (Lipinski definition) is 5. The molecule has 5 aromatic rings. The third kappa shape index (κ3) is 6.80. The van der Waals surface area contributed by atoms with Gasteiger partial charge in [0.15, 0.2) is 5.82 Å². The van der Waals surface area contributed by atoms with Crippen molar-refractivity contribution in [2.45, 2.75) is 65.7 Å². The third-order valence-electron chi connectivity index (χ3n) is 7.22. The van der Waals surface area contributed by atoms with Crippen LogP contribution >= 0.6 is 0 Å². The van der Waals surface area contributed by atoms with Gasteiger partial charge in [-0.2, -0.15) is 0 Å². The lowest BCUT2D eigenvalue weighted by Crippen LogP contribution is -2.46. The molecular weight excluding hydrogens is 542 g/mol. The summed E-state index contributed by atoms with van der Waals surface area (Å²) in [4.78, 5) is 34.9. The van der Waals surface area contributed by atoms with E-state index < -0.39 is 11.6 Å². The van der Waals surface area contributed by atoms with Gasteiger partial charge in [-0.15, -0.1) is 0 Å². The van der Waals surface area contributed by atoms with Crippen LogP contribution in [0.25, 0.3) is 21.9 Å². The average Bonchev–Trinajstić information content (AvgIpc) is 3.51. The molecule has 0 aliphatic carbocycles. The Morgan fingerprint density at radius 2 is 1.70 bits per heavy atom. The number of hydrogen-bond donors (Lipinski definition) is 3. The lowest BCUT2D eigenvalue weighted by Gasteiger charge is -2.33. The highest BCUT2D eigenvalue weighted by Gasteiger charge is 2.26. The molecule has 0 aliphatic rings. The van der Waals surface area contributed by atoms with Gasteiger partial charge >= 0.3 is 6.09 Å². The van der Waals surface area contributed by atoms with E-state index in [0.29, 0.717) is 31.0 Å². The lowest BCUT2D eigenvalue weighted by atomic mass is 10.1. The molecular formula is C33H39N7O3. The number of amides is 2. The molecule has 0 fully saturated rings. The molecule has 0 atom stereocenters. The zero-order valence-electron chi connectivity index (χ0n) is 25.5. The van der Waals surface area contributed by atoms with Crippen LogP contribution < -0.4 is 10.6 Å². The number of aromatic nitrogens is 4. The minimum Gasteiger partial charge on any atom is -0.465 e. The number of benzene rings is 2. The minimum atomic E-state index is -0.947. The number of anilines is 2. The summed E-state index contributed by atoms with van der Waals surface area (Å²) in [6.45, 7) is 13.0. The van der Waals surface area contributed by atoms with E-state index >= 15 is 0 Å². The van der Waals surface area contributed by atoms with Crippen molar-refractivity contribution in [2.24, 2.45) is 0 Å². The molecule has 0 aliphatic heterocycles. The van der Waals surface area contributed by atoms with Crippen LogP contribution in [0.3, 0.4) is 0 Å². The van der Waals surface area contributed by atoms with Crippen LogP contribution in [-0.2, 0) is 13.1 Å². The Bertz CT molecular complexity index is 1790. The van der Waals surface area contributed by atoms with Gasteiger partial charge in [0.25, 0.3) is 5.91 Å². The predicted octanol–water partition coefficient (Wildman–Crippen LogP) is 6.48. The van der Waals surface area contributed by atoms with Crippen molar-refractivity contribution in [1.29, 1.82) is 0 Å². The second-order valence-electron chi connectivity index (χ2n) is 12.8. The summed E-state index contributed by atoms with van der Waals surface area (Å²) < 4.78 is 4.15. The fourth-order valence-electron chi connectivity index (χ4n) is 5.21. The van der Waals surface area contributed by atoms with Gasteiger partial charge in [-0.3, -0.25) is 4.79 Å². The summed E-state index contributed by atoms with van der Waals surface area (Å²) in [6.07, 6.45) is 4.54. The smallest absolute Gasteiger partial charge is 0.407 e. The average molecular weight is 582 g/mol. The van der Waals surface area contributed by atoms with Crippen molar-refractivity contribution in [3.8, 4) is 0 Å². The van der Waals surface area contributed by atoms with Crippen molar-refractivity contribution < 1.29 is 14.7 Å². The Kier molecular flexibility index (Phi) is 7.88. The maximum atomic E-state index is 12.7. The van der Waals surface area contributed by atoms with Crippen molar-refractivity contribution in [2.75, 3.05) is 11.9 Å².